The van der Waals surface area contributed by atoms with Crippen LogP contribution in [-0.4, -0.2) is 35.4 Å². The molecule has 0 amide bonds. The van der Waals surface area contributed by atoms with Crippen LogP contribution in [0.2, 0.25) is 0 Å². The van der Waals surface area contributed by atoms with E-state index in [1.165, 1.54) is 12.1 Å². The molecule has 2 rings (SSSR count). The van der Waals surface area contributed by atoms with Gasteiger partial charge in [-0.3, -0.25) is 0 Å². The quantitative estimate of drug-likeness (QED) is 0.777. The number of hydrogen-bond acceptors (Lipinski definition) is 5. The van der Waals surface area contributed by atoms with E-state index in [9.17, 15) is 4.79 Å². The maximum absolute atomic E-state index is 10.7. The van der Waals surface area contributed by atoms with Gasteiger partial charge in [0, 0.05) is 6.42 Å². The van der Waals surface area contributed by atoms with Crippen LogP contribution in [0.3, 0.4) is 0 Å². The van der Waals surface area contributed by atoms with Gasteiger partial charge in [0.2, 0.25) is 5.88 Å². The SMILES string of the molecule is Nc1ccc(C(=O)O)nc1OC1CCOC1. The fourth-order valence-corrected chi connectivity index (χ4v) is 1.43. The number of carbonyl (C=O) groups is 1. The molecule has 6 heteroatoms. The molecule has 2 heterocycles. The summed E-state index contributed by atoms with van der Waals surface area (Å²) in [5.41, 5.74) is 5.90. The minimum absolute atomic E-state index is 0.0804. The van der Waals surface area contributed by atoms with Crippen molar-refractivity contribution in [2.45, 2.75) is 12.5 Å². The van der Waals surface area contributed by atoms with Gasteiger partial charge >= 0.3 is 5.97 Å². The zero-order valence-electron chi connectivity index (χ0n) is 8.55. The second-order valence-corrected chi connectivity index (χ2v) is 3.50. The minimum atomic E-state index is -1.10. The van der Waals surface area contributed by atoms with Gasteiger partial charge in [-0.05, 0) is 12.1 Å². The van der Waals surface area contributed by atoms with Crippen LogP contribution in [-0.2, 0) is 4.74 Å². The van der Waals surface area contributed by atoms with Gasteiger partial charge in [-0.25, -0.2) is 9.78 Å². The molecule has 1 saturated heterocycles. The zero-order chi connectivity index (χ0) is 11.5. The molecule has 1 unspecified atom stereocenters. The van der Waals surface area contributed by atoms with Crippen molar-refractivity contribution >= 4 is 11.7 Å². The van der Waals surface area contributed by atoms with E-state index in [4.69, 9.17) is 20.3 Å². The number of nitrogen functional groups attached to an aromatic ring is 1. The Morgan fingerprint density at radius 2 is 2.44 bits per heavy atom. The van der Waals surface area contributed by atoms with Gasteiger partial charge in [0.15, 0.2) is 5.69 Å². The van der Waals surface area contributed by atoms with Gasteiger partial charge in [0.25, 0.3) is 0 Å². The van der Waals surface area contributed by atoms with Crippen LogP contribution >= 0.6 is 0 Å². The second-order valence-electron chi connectivity index (χ2n) is 3.50. The van der Waals surface area contributed by atoms with Crippen LogP contribution in [0.4, 0.5) is 5.69 Å². The van der Waals surface area contributed by atoms with Gasteiger partial charge in [-0.1, -0.05) is 0 Å². The molecule has 0 bridgehead atoms. The van der Waals surface area contributed by atoms with Crippen molar-refractivity contribution < 1.29 is 19.4 Å². The summed E-state index contributed by atoms with van der Waals surface area (Å²) in [6, 6.07) is 2.82. The number of rotatable bonds is 3. The second kappa shape index (κ2) is 4.36. The highest BCUT2D eigenvalue weighted by atomic mass is 16.5. The number of nitrogens with zero attached hydrogens (tertiary/aromatic N) is 1. The molecule has 1 aromatic heterocycles. The summed E-state index contributed by atoms with van der Waals surface area (Å²) in [4.78, 5) is 14.6. The first-order chi connectivity index (χ1) is 7.66. The van der Waals surface area contributed by atoms with Crippen LogP contribution in [0.25, 0.3) is 0 Å². The molecule has 1 aliphatic heterocycles. The molecule has 0 radical (unpaired) electrons. The van der Waals surface area contributed by atoms with Crippen LogP contribution in [0, 0.1) is 0 Å². The molecule has 1 fully saturated rings. The standard InChI is InChI=1S/C10H12N2O4/c11-7-1-2-8(10(13)14)12-9(7)16-6-3-4-15-5-6/h1-2,6H,3-5,11H2,(H,13,14). The molecule has 6 nitrogen and oxygen atoms in total. The van der Waals surface area contributed by atoms with Crippen molar-refractivity contribution in [2.75, 3.05) is 18.9 Å². The van der Waals surface area contributed by atoms with E-state index < -0.39 is 5.97 Å². The highest BCUT2D eigenvalue weighted by Crippen LogP contribution is 2.22. The van der Waals surface area contributed by atoms with E-state index >= 15 is 0 Å². The fraction of sp³-hybridized carbons (Fsp3) is 0.400. The molecule has 0 aromatic carbocycles. The van der Waals surface area contributed by atoms with Gasteiger partial charge in [0.05, 0.1) is 18.9 Å². The number of pyridine rings is 1. The first-order valence-electron chi connectivity index (χ1n) is 4.91. The maximum atomic E-state index is 10.7. The van der Waals surface area contributed by atoms with Crippen molar-refractivity contribution in [3.05, 3.63) is 17.8 Å². The number of nitrogens with two attached hydrogens (primary N) is 1. The number of carboxylic acid groups (broad SMARTS) is 1. The van der Waals surface area contributed by atoms with Crippen LogP contribution in [0.1, 0.15) is 16.9 Å². The average molecular weight is 224 g/mol. The van der Waals surface area contributed by atoms with E-state index in [1.807, 2.05) is 0 Å². The van der Waals surface area contributed by atoms with Gasteiger partial charge in [-0.15, -0.1) is 0 Å². The summed E-state index contributed by atoms with van der Waals surface area (Å²) in [7, 11) is 0. The molecule has 16 heavy (non-hydrogen) atoms. The fourth-order valence-electron chi connectivity index (χ4n) is 1.43. The summed E-state index contributed by atoms with van der Waals surface area (Å²) >= 11 is 0. The topological polar surface area (TPSA) is 94.7 Å². The first kappa shape index (κ1) is 10.7. The highest BCUT2D eigenvalue weighted by Gasteiger charge is 2.19. The molecule has 0 saturated carbocycles. The molecule has 86 valence electrons. The van der Waals surface area contributed by atoms with E-state index in [0.29, 0.717) is 18.9 Å². The lowest BCUT2D eigenvalue weighted by atomic mass is 10.3. The molecular formula is C10H12N2O4. The Kier molecular flexibility index (Phi) is 2.91. The number of carboxylic acids is 1. The number of ether oxygens (including phenoxy) is 2. The Morgan fingerprint density at radius 1 is 1.62 bits per heavy atom. The minimum Gasteiger partial charge on any atom is -0.477 e. The smallest absolute Gasteiger partial charge is 0.354 e. The zero-order valence-corrected chi connectivity index (χ0v) is 8.55. The van der Waals surface area contributed by atoms with Crippen molar-refractivity contribution in [3.63, 3.8) is 0 Å². The number of aromatic nitrogens is 1. The van der Waals surface area contributed by atoms with Gasteiger partial charge < -0.3 is 20.3 Å². The first-order valence-corrected chi connectivity index (χ1v) is 4.91. The maximum Gasteiger partial charge on any atom is 0.354 e. The third-order valence-corrected chi connectivity index (χ3v) is 2.28. The summed E-state index contributed by atoms with van der Waals surface area (Å²) in [6.07, 6.45) is 0.664. The van der Waals surface area contributed by atoms with Gasteiger partial charge in [-0.2, -0.15) is 0 Å². The Balaban J connectivity index is 2.17. The predicted molar refractivity (Wildman–Crippen MR) is 55.5 cm³/mol. The number of aromatic carboxylic acids is 1. The molecular weight excluding hydrogens is 212 g/mol. The van der Waals surface area contributed by atoms with Crippen LogP contribution in [0.15, 0.2) is 12.1 Å². The Labute approximate surface area is 92.0 Å². The van der Waals surface area contributed by atoms with Crippen molar-refractivity contribution in [3.8, 4) is 5.88 Å². The average Bonchev–Trinajstić information content (AvgIpc) is 2.73. The van der Waals surface area contributed by atoms with E-state index in [2.05, 4.69) is 4.98 Å². The monoisotopic (exact) mass is 224 g/mol. The predicted octanol–water partition coefficient (Wildman–Crippen LogP) is 0.530. The molecule has 3 N–H and O–H groups in total. The van der Waals surface area contributed by atoms with E-state index in [-0.39, 0.29) is 17.7 Å². The summed E-state index contributed by atoms with van der Waals surface area (Å²) in [5, 5.41) is 8.78. The Morgan fingerprint density at radius 3 is 3.06 bits per heavy atom. The number of hydrogen-bond donors (Lipinski definition) is 2. The van der Waals surface area contributed by atoms with Crippen molar-refractivity contribution in [1.29, 1.82) is 0 Å². The van der Waals surface area contributed by atoms with E-state index in [0.717, 1.165) is 6.42 Å². The molecule has 0 spiro atoms. The highest BCUT2D eigenvalue weighted by molar-refractivity contribution is 5.86. The summed E-state index contributed by atoms with van der Waals surface area (Å²) in [6.45, 7) is 1.13. The summed E-state index contributed by atoms with van der Waals surface area (Å²) < 4.78 is 10.6. The van der Waals surface area contributed by atoms with Gasteiger partial charge in [0.1, 0.15) is 6.10 Å². The van der Waals surface area contributed by atoms with Crippen molar-refractivity contribution in [1.82, 2.24) is 4.98 Å². The Hall–Kier alpha value is -1.82. The lowest BCUT2D eigenvalue weighted by molar-refractivity contribution is 0.0688. The largest absolute Gasteiger partial charge is 0.477 e. The van der Waals surface area contributed by atoms with Crippen LogP contribution < -0.4 is 10.5 Å². The van der Waals surface area contributed by atoms with Crippen molar-refractivity contribution in [2.24, 2.45) is 0 Å². The van der Waals surface area contributed by atoms with E-state index in [1.54, 1.807) is 0 Å². The lowest BCUT2D eigenvalue weighted by Crippen LogP contribution is -2.18. The third-order valence-electron chi connectivity index (χ3n) is 2.28. The Bertz CT molecular complexity index is 402. The normalized spacial score (nSPS) is 19.6. The lowest BCUT2D eigenvalue weighted by Gasteiger charge is -2.12. The molecule has 1 atom stereocenters. The molecule has 1 aliphatic rings. The number of anilines is 1. The third kappa shape index (κ3) is 2.22. The molecule has 0 aliphatic carbocycles. The molecule has 1 aromatic rings. The summed E-state index contributed by atoms with van der Waals surface area (Å²) in [5.74, 6) is -0.942. The van der Waals surface area contributed by atoms with Crippen LogP contribution in [0.5, 0.6) is 5.88 Å².